The monoisotopic (exact) mass is 504 g/mol. The SMILES string of the molecule is Cc1[nH]c(/C=C2\C(=O)Nc3ccc(F)cc32)c(C)c1OC(=O)NC1CCN(CCS(C)(=O)=O)CC1. The van der Waals surface area contributed by atoms with Gasteiger partial charge in [-0.05, 0) is 51.0 Å². The minimum Gasteiger partial charge on any atom is -0.408 e. The molecule has 11 heteroatoms. The molecule has 0 unspecified atom stereocenters. The van der Waals surface area contributed by atoms with Crippen molar-refractivity contribution in [3.8, 4) is 5.75 Å². The van der Waals surface area contributed by atoms with E-state index >= 15 is 0 Å². The highest BCUT2D eigenvalue weighted by molar-refractivity contribution is 7.90. The molecule has 0 saturated carbocycles. The van der Waals surface area contributed by atoms with Crippen molar-refractivity contribution in [2.45, 2.75) is 32.7 Å². The van der Waals surface area contributed by atoms with Crippen molar-refractivity contribution in [3.05, 3.63) is 46.5 Å². The van der Waals surface area contributed by atoms with Crippen LogP contribution in [0.4, 0.5) is 14.9 Å². The lowest BCUT2D eigenvalue weighted by atomic mass is 10.0. The van der Waals surface area contributed by atoms with E-state index in [4.69, 9.17) is 4.74 Å². The lowest BCUT2D eigenvalue weighted by molar-refractivity contribution is -0.110. The van der Waals surface area contributed by atoms with Crippen molar-refractivity contribution >= 4 is 39.2 Å². The molecule has 1 saturated heterocycles. The number of amides is 2. The zero-order valence-electron chi connectivity index (χ0n) is 19.9. The van der Waals surface area contributed by atoms with Gasteiger partial charge in [0.1, 0.15) is 15.7 Å². The van der Waals surface area contributed by atoms with E-state index in [1.807, 2.05) is 0 Å². The highest BCUT2D eigenvalue weighted by Crippen LogP contribution is 2.35. The Morgan fingerprint density at radius 1 is 1.29 bits per heavy atom. The van der Waals surface area contributed by atoms with Crippen LogP contribution in [-0.2, 0) is 14.6 Å². The number of rotatable bonds is 6. The Labute approximate surface area is 203 Å². The molecule has 188 valence electrons. The average molecular weight is 505 g/mol. The number of carbonyl (C=O) groups is 2. The summed E-state index contributed by atoms with van der Waals surface area (Å²) in [7, 11) is -3.00. The van der Waals surface area contributed by atoms with E-state index in [1.54, 1.807) is 19.9 Å². The minimum absolute atomic E-state index is 0.0632. The Kier molecular flexibility index (Phi) is 7.00. The molecule has 3 heterocycles. The van der Waals surface area contributed by atoms with Crippen LogP contribution < -0.4 is 15.4 Å². The number of hydrogen-bond donors (Lipinski definition) is 3. The van der Waals surface area contributed by atoms with Crippen molar-refractivity contribution in [1.82, 2.24) is 15.2 Å². The van der Waals surface area contributed by atoms with Crippen LogP contribution in [0.1, 0.15) is 35.4 Å². The Balaban J connectivity index is 1.39. The number of aromatic amines is 1. The van der Waals surface area contributed by atoms with Crippen LogP contribution >= 0.6 is 0 Å². The first-order chi connectivity index (χ1) is 16.5. The van der Waals surface area contributed by atoms with Crippen LogP contribution in [-0.4, -0.2) is 68.0 Å². The molecule has 0 radical (unpaired) electrons. The maximum atomic E-state index is 13.7. The van der Waals surface area contributed by atoms with Crippen molar-refractivity contribution in [2.24, 2.45) is 0 Å². The highest BCUT2D eigenvalue weighted by Gasteiger charge is 2.26. The van der Waals surface area contributed by atoms with Gasteiger partial charge in [0, 0.05) is 54.4 Å². The molecule has 4 rings (SSSR count). The maximum absolute atomic E-state index is 13.7. The smallest absolute Gasteiger partial charge is 0.408 e. The standard InChI is InChI=1S/C24H29FN4O5S/c1-14-21(13-19-18-12-16(25)4-5-20(18)28-23(19)30)26-15(2)22(14)34-24(31)27-17-6-8-29(9-7-17)10-11-35(3,32)33/h4-5,12-13,17,26H,6-11H2,1-3H3,(H,27,31)(H,28,30)/b19-13-. The summed E-state index contributed by atoms with van der Waals surface area (Å²) in [5, 5.41) is 5.60. The predicted molar refractivity (Wildman–Crippen MR) is 131 cm³/mol. The number of anilines is 1. The third kappa shape index (κ3) is 5.91. The summed E-state index contributed by atoms with van der Waals surface area (Å²) in [6.45, 7) is 5.43. The van der Waals surface area contributed by atoms with Gasteiger partial charge in [-0.1, -0.05) is 0 Å². The highest BCUT2D eigenvalue weighted by atomic mass is 32.2. The van der Waals surface area contributed by atoms with E-state index in [9.17, 15) is 22.4 Å². The average Bonchev–Trinajstić information content (AvgIpc) is 3.23. The molecule has 0 bridgehead atoms. The quantitative estimate of drug-likeness (QED) is 0.521. The Hall–Kier alpha value is -3.18. The van der Waals surface area contributed by atoms with E-state index < -0.39 is 21.7 Å². The number of nitrogens with one attached hydrogen (secondary N) is 3. The predicted octanol–water partition coefficient (Wildman–Crippen LogP) is 2.86. The van der Waals surface area contributed by atoms with Gasteiger partial charge >= 0.3 is 6.09 Å². The number of H-pyrrole nitrogens is 1. The summed E-state index contributed by atoms with van der Waals surface area (Å²) in [4.78, 5) is 30.2. The summed E-state index contributed by atoms with van der Waals surface area (Å²) in [6.07, 6.45) is 3.68. The molecule has 35 heavy (non-hydrogen) atoms. The number of fused-ring (bicyclic) bond motifs is 1. The van der Waals surface area contributed by atoms with Gasteiger partial charge in [0.2, 0.25) is 0 Å². The van der Waals surface area contributed by atoms with E-state index in [0.717, 1.165) is 0 Å². The normalized spacial score (nSPS) is 17.9. The third-order valence-electron chi connectivity index (χ3n) is 6.34. The molecule has 1 fully saturated rings. The van der Waals surface area contributed by atoms with Crippen molar-refractivity contribution in [2.75, 3.05) is 37.0 Å². The van der Waals surface area contributed by atoms with Crippen LogP contribution in [0.2, 0.25) is 0 Å². The Morgan fingerprint density at radius 2 is 2.00 bits per heavy atom. The van der Waals surface area contributed by atoms with E-state index in [2.05, 4.69) is 20.5 Å². The number of aryl methyl sites for hydroxylation is 1. The fourth-order valence-electron chi connectivity index (χ4n) is 4.39. The fraction of sp³-hybridized carbons (Fsp3) is 0.417. The van der Waals surface area contributed by atoms with Crippen LogP contribution in [0.25, 0.3) is 11.6 Å². The lowest BCUT2D eigenvalue weighted by Gasteiger charge is -2.31. The summed E-state index contributed by atoms with van der Waals surface area (Å²) in [6, 6.07) is 4.05. The molecular formula is C24H29FN4O5S. The van der Waals surface area contributed by atoms with Crippen molar-refractivity contribution in [3.63, 3.8) is 0 Å². The molecule has 9 nitrogen and oxygen atoms in total. The number of aromatic nitrogens is 1. The van der Waals surface area contributed by atoms with Gasteiger partial charge in [0.05, 0.1) is 17.0 Å². The number of benzene rings is 1. The fourth-order valence-corrected chi connectivity index (χ4v) is 4.98. The Bertz CT molecular complexity index is 1290. The second kappa shape index (κ2) is 9.82. The zero-order valence-corrected chi connectivity index (χ0v) is 20.7. The molecule has 0 atom stereocenters. The number of nitrogens with zero attached hydrogens (tertiary/aromatic N) is 1. The number of hydrogen-bond acceptors (Lipinski definition) is 6. The van der Waals surface area contributed by atoms with Gasteiger partial charge in [-0.15, -0.1) is 0 Å². The van der Waals surface area contributed by atoms with Gasteiger partial charge in [0.25, 0.3) is 5.91 Å². The number of halogens is 1. The van der Waals surface area contributed by atoms with Gasteiger partial charge in [0.15, 0.2) is 5.75 Å². The molecule has 1 aromatic carbocycles. The van der Waals surface area contributed by atoms with E-state index in [0.29, 0.717) is 72.0 Å². The van der Waals surface area contributed by atoms with Gasteiger partial charge in [-0.3, -0.25) is 4.79 Å². The summed E-state index contributed by atoms with van der Waals surface area (Å²) in [5.41, 5.74) is 3.21. The molecular weight excluding hydrogens is 475 g/mol. The molecule has 2 amide bonds. The molecule has 0 aliphatic carbocycles. The van der Waals surface area contributed by atoms with Crippen LogP contribution in [0.5, 0.6) is 5.75 Å². The first-order valence-corrected chi connectivity index (χ1v) is 13.5. The summed E-state index contributed by atoms with van der Waals surface area (Å²) in [5.74, 6) is -0.273. The molecule has 3 N–H and O–H groups in total. The van der Waals surface area contributed by atoms with E-state index in [-0.39, 0.29) is 17.7 Å². The molecule has 2 aliphatic rings. The topological polar surface area (TPSA) is 121 Å². The van der Waals surface area contributed by atoms with Crippen LogP contribution in [0.15, 0.2) is 18.2 Å². The van der Waals surface area contributed by atoms with E-state index in [1.165, 1.54) is 24.5 Å². The number of piperidine rings is 1. The second-order valence-electron chi connectivity index (χ2n) is 9.10. The van der Waals surface area contributed by atoms with Crippen LogP contribution in [0.3, 0.4) is 0 Å². The summed E-state index contributed by atoms with van der Waals surface area (Å²) < 4.78 is 42.0. The van der Waals surface area contributed by atoms with Gasteiger partial charge in [-0.25, -0.2) is 17.6 Å². The minimum atomic E-state index is -3.00. The summed E-state index contributed by atoms with van der Waals surface area (Å²) >= 11 is 0. The number of likely N-dealkylation sites (tertiary alicyclic amines) is 1. The number of sulfone groups is 1. The van der Waals surface area contributed by atoms with Gasteiger partial charge in [-0.2, -0.15) is 0 Å². The second-order valence-corrected chi connectivity index (χ2v) is 11.4. The lowest BCUT2D eigenvalue weighted by Crippen LogP contribution is -2.46. The molecule has 1 aromatic heterocycles. The first kappa shape index (κ1) is 24.9. The zero-order chi connectivity index (χ0) is 25.3. The van der Waals surface area contributed by atoms with Crippen LogP contribution in [0, 0.1) is 19.7 Å². The maximum Gasteiger partial charge on any atom is 0.412 e. The largest absolute Gasteiger partial charge is 0.412 e. The van der Waals surface area contributed by atoms with Crippen molar-refractivity contribution in [1.29, 1.82) is 0 Å². The molecule has 2 aromatic rings. The van der Waals surface area contributed by atoms with Gasteiger partial charge < -0.3 is 25.3 Å². The van der Waals surface area contributed by atoms with Crippen molar-refractivity contribution < 1.29 is 27.1 Å². The molecule has 0 spiro atoms. The number of ether oxygens (including phenoxy) is 1. The third-order valence-corrected chi connectivity index (χ3v) is 7.27. The Morgan fingerprint density at radius 3 is 2.69 bits per heavy atom. The molecule has 2 aliphatic heterocycles. The first-order valence-electron chi connectivity index (χ1n) is 11.4. The number of carbonyl (C=O) groups excluding carboxylic acids is 2.